The molecule has 1 aromatic heterocycles. The zero-order chi connectivity index (χ0) is 12.7. The van der Waals surface area contributed by atoms with E-state index in [-0.39, 0.29) is 5.91 Å². The third-order valence-electron chi connectivity index (χ3n) is 2.05. The predicted octanol–water partition coefficient (Wildman–Crippen LogP) is 1.71. The van der Waals surface area contributed by atoms with Crippen LogP contribution in [0.15, 0.2) is 16.5 Å². The number of amides is 1. The lowest BCUT2D eigenvalue weighted by Crippen LogP contribution is -2.22. The lowest BCUT2D eigenvalue weighted by Gasteiger charge is -2.05. The van der Waals surface area contributed by atoms with Gasteiger partial charge in [-0.2, -0.15) is 11.8 Å². The topological polar surface area (TPSA) is 45.5 Å². The Morgan fingerprint density at radius 2 is 2.12 bits per heavy atom. The molecule has 1 rings (SSSR count). The first-order valence-electron chi connectivity index (χ1n) is 5.62. The largest absolute Gasteiger partial charge is 0.464 e. The molecule has 1 aromatic rings. The number of hydrogen-bond donors (Lipinski definition) is 1. The number of carbonyl (C=O) groups is 1. The molecule has 17 heavy (non-hydrogen) atoms. The molecule has 0 unspecified atom stereocenters. The maximum atomic E-state index is 10.6. The molecule has 0 aliphatic carbocycles. The summed E-state index contributed by atoms with van der Waals surface area (Å²) in [6, 6.07) is 4.04. The third kappa shape index (κ3) is 6.38. The van der Waals surface area contributed by atoms with Crippen molar-refractivity contribution in [1.82, 2.24) is 10.2 Å². The zero-order valence-electron chi connectivity index (χ0n) is 10.7. The van der Waals surface area contributed by atoms with Crippen molar-refractivity contribution in [3.8, 4) is 0 Å². The lowest BCUT2D eigenvalue weighted by molar-refractivity contribution is -0.118. The summed E-state index contributed by atoms with van der Waals surface area (Å²) in [5.41, 5.74) is 0. The van der Waals surface area contributed by atoms with Crippen LogP contribution in [0.3, 0.4) is 0 Å². The van der Waals surface area contributed by atoms with E-state index in [0.717, 1.165) is 29.6 Å². The summed E-state index contributed by atoms with van der Waals surface area (Å²) in [6.07, 6.45) is 0. The van der Waals surface area contributed by atoms with Gasteiger partial charge in [0, 0.05) is 19.2 Å². The van der Waals surface area contributed by atoms with Crippen LogP contribution in [-0.4, -0.2) is 37.2 Å². The van der Waals surface area contributed by atoms with Gasteiger partial charge in [-0.25, -0.2) is 0 Å². The molecular weight excluding hydrogens is 236 g/mol. The number of rotatable bonds is 7. The zero-order valence-corrected chi connectivity index (χ0v) is 11.5. The van der Waals surface area contributed by atoms with Crippen LogP contribution >= 0.6 is 11.8 Å². The fourth-order valence-electron chi connectivity index (χ4n) is 1.37. The van der Waals surface area contributed by atoms with E-state index >= 15 is 0 Å². The number of nitrogens with zero attached hydrogens (tertiary/aromatic N) is 1. The van der Waals surface area contributed by atoms with Crippen LogP contribution in [0.1, 0.15) is 18.4 Å². The minimum atomic E-state index is 0.0249. The average molecular weight is 256 g/mol. The second kappa shape index (κ2) is 7.40. The molecule has 1 heterocycles. The molecular formula is C12H20N2O2S. The summed E-state index contributed by atoms with van der Waals surface area (Å²) in [5.74, 6) is 3.77. The maximum Gasteiger partial charge on any atom is 0.216 e. The van der Waals surface area contributed by atoms with Crippen molar-refractivity contribution >= 4 is 17.7 Å². The molecule has 1 amide bonds. The second-order valence-electron chi connectivity index (χ2n) is 4.14. The summed E-state index contributed by atoms with van der Waals surface area (Å²) in [4.78, 5) is 12.7. The van der Waals surface area contributed by atoms with Crippen LogP contribution in [-0.2, 0) is 17.1 Å². The van der Waals surface area contributed by atoms with Crippen molar-refractivity contribution in [2.75, 3.05) is 26.4 Å². The Labute approximate surface area is 107 Å². The van der Waals surface area contributed by atoms with Gasteiger partial charge in [0.1, 0.15) is 11.5 Å². The van der Waals surface area contributed by atoms with Crippen LogP contribution in [0.2, 0.25) is 0 Å². The highest BCUT2D eigenvalue weighted by Crippen LogP contribution is 2.15. The monoisotopic (exact) mass is 256 g/mol. The van der Waals surface area contributed by atoms with Crippen molar-refractivity contribution in [1.29, 1.82) is 0 Å². The van der Waals surface area contributed by atoms with Crippen molar-refractivity contribution in [2.24, 2.45) is 0 Å². The summed E-state index contributed by atoms with van der Waals surface area (Å²) in [7, 11) is 4.04. The van der Waals surface area contributed by atoms with Crippen molar-refractivity contribution < 1.29 is 9.21 Å². The summed E-state index contributed by atoms with van der Waals surface area (Å²) < 4.78 is 5.67. The van der Waals surface area contributed by atoms with Gasteiger partial charge < -0.3 is 14.6 Å². The molecule has 4 nitrogen and oxygen atoms in total. The molecule has 0 bridgehead atoms. The highest BCUT2D eigenvalue weighted by molar-refractivity contribution is 7.98. The molecule has 96 valence electrons. The standard InChI is InChI=1S/C12H20N2O2S/c1-10(15)13-6-7-17-9-12-5-4-11(16-12)8-14(2)3/h4-5H,6-9H2,1-3H3,(H,13,15). The second-order valence-corrected chi connectivity index (χ2v) is 5.25. The Morgan fingerprint density at radius 1 is 1.41 bits per heavy atom. The Kier molecular flexibility index (Phi) is 6.15. The molecule has 0 atom stereocenters. The van der Waals surface area contributed by atoms with E-state index in [1.165, 1.54) is 6.92 Å². The van der Waals surface area contributed by atoms with Crippen LogP contribution in [0.5, 0.6) is 0 Å². The van der Waals surface area contributed by atoms with Gasteiger partial charge >= 0.3 is 0 Å². The first-order chi connectivity index (χ1) is 8.08. The summed E-state index contributed by atoms with van der Waals surface area (Å²) in [6.45, 7) is 3.08. The van der Waals surface area contributed by atoms with E-state index < -0.39 is 0 Å². The van der Waals surface area contributed by atoms with Crippen LogP contribution < -0.4 is 5.32 Å². The normalized spacial score (nSPS) is 10.8. The molecule has 5 heteroatoms. The fraction of sp³-hybridized carbons (Fsp3) is 0.583. The van der Waals surface area contributed by atoms with Gasteiger partial charge in [0.25, 0.3) is 0 Å². The van der Waals surface area contributed by atoms with Gasteiger partial charge in [-0.1, -0.05) is 0 Å². The molecule has 0 spiro atoms. The molecule has 0 saturated carbocycles. The molecule has 1 N–H and O–H groups in total. The van der Waals surface area contributed by atoms with Gasteiger partial charge in [0.05, 0.1) is 12.3 Å². The quantitative estimate of drug-likeness (QED) is 0.754. The highest BCUT2D eigenvalue weighted by atomic mass is 32.2. The average Bonchev–Trinajstić information content (AvgIpc) is 2.63. The number of nitrogens with one attached hydrogen (secondary N) is 1. The van der Waals surface area contributed by atoms with E-state index in [9.17, 15) is 4.79 Å². The minimum absolute atomic E-state index is 0.0249. The highest BCUT2D eigenvalue weighted by Gasteiger charge is 2.03. The number of hydrogen-bond acceptors (Lipinski definition) is 4. The molecule has 0 aliphatic heterocycles. The van der Waals surface area contributed by atoms with Crippen molar-refractivity contribution in [3.05, 3.63) is 23.7 Å². The van der Waals surface area contributed by atoms with E-state index in [1.807, 2.05) is 26.2 Å². The van der Waals surface area contributed by atoms with Gasteiger partial charge in [-0.3, -0.25) is 4.79 Å². The van der Waals surface area contributed by atoms with E-state index in [1.54, 1.807) is 11.8 Å². The van der Waals surface area contributed by atoms with Gasteiger partial charge in [0.15, 0.2) is 0 Å². The van der Waals surface area contributed by atoms with Crippen LogP contribution in [0, 0.1) is 0 Å². The van der Waals surface area contributed by atoms with Gasteiger partial charge in [-0.05, 0) is 26.2 Å². The van der Waals surface area contributed by atoms with Crippen LogP contribution in [0.25, 0.3) is 0 Å². The smallest absolute Gasteiger partial charge is 0.216 e. The summed E-state index contributed by atoms with van der Waals surface area (Å²) >= 11 is 1.76. The Morgan fingerprint density at radius 3 is 2.76 bits per heavy atom. The third-order valence-corrected chi connectivity index (χ3v) is 3.04. The molecule has 0 saturated heterocycles. The first-order valence-corrected chi connectivity index (χ1v) is 6.78. The molecule has 0 radical (unpaired) electrons. The van der Waals surface area contributed by atoms with Crippen LogP contribution in [0.4, 0.5) is 0 Å². The number of carbonyl (C=O) groups excluding carboxylic acids is 1. The molecule has 0 aromatic carbocycles. The predicted molar refractivity (Wildman–Crippen MR) is 70.9 cm³/mol. The van der Waals surface area contributed by atoms with Crippen molar-refractivity contribution in [3.63, 3.8) is 0 Å². The SMILES string of the molecule is CC(=O)NCCSCc1ccc(CN(C)C)o1. The number of furan rings is 1. The first kappa shape index (κ1) is 14.1. The van der Waals surface area contributed by atoms with Gasteiger partial charge in [-0.15, -0.1) is 0 Å². The lowest BCUT2D eigenvalue weighted by atomic mass is 10.4. The molecule has 0 aliphatic rings. The molecule has 0 fully saturated rings. The number of thioether (sulfide) groups is 1. The van der Waals surface area contributed by atoms with Crippen molar-refractivity contribution in [2.45, 2.75) is 19.2 Å². The van der Waals surface area contributed by atoms with E-state index in [2.05, 4.69) is 10.2 Å². The Hall–Kier alpha value is -0.940. The Balaban J connectivity index is 2.18. The van der Waals surface area contributed by atoms with E-state index in [0.29, 0.717) is 6.54 Å². The van der Waals surface area contributed by atoms with Gasteiger partial charge in [0.2, 0.25) is 5.91 Å². The fourth-order valence-corrected chi connectivity index (χ4v) is 2.12. The Bertz CT molecular complexity index is 350. The minimum Gasteiger partial charge on any atom is -0.464 e. The van der Waals surface area contributed by atoms with E-state index in [4.69, 9.17) is 4.42 Å². The summed E-state index contributed by atoms with van der Waals surface area (Å²) in [5, 5.41) is 2.77. The maximum absolute atomic E-state index is 10.6.